The van der Waals surface area contributed by atoms with Gasteiger partial charge >= 0.3 is 18.7 Å². The molecule has 3 atom stereocenters. The predicted octanol–water partition coefficient (Wildman–Crippen LogP) is 0.980. The van der Waals surface area contributed by atoms with E-state index in [1.165, 1.54) is 14.0 Å². The molecule has 1 rings (SSSR count). The molecule has 178 valence electrons. The van der Waals surface area contributed by atoms with E-state index in [1.807, 2.05) is 0 Å². The Hall–Kier alpha value is -1.62. The average molecular weight is 482 g/mol. The van der Waals surface area contributed by atoms with E-state index >= 15 is 0 Å². The fourth-order valence-corrected chi connectivity index (χ4v) is 6.34. The van der Waals surface area contributed by atoms with Crippen LogP contribution in [0.15, 0.2) is 0 Å². The van der Waals surface area contributed by atoms with Crippen LogP contribution in [0.1, 0.15) is 40.5 Å². The maximum atomic E-state index is 13.4. The second-order valence-electron chi connectivity index (χ2n) is 7.58. The predicted molar refractivity (Wildman–Crippen MR) is 115 cm³/mol. The van der Waals surface area contributed by atoms with Crippen molar-refractivity contribution in [3.05, 3.63) is 0 Å². The Morgan fingerprint density at radius 3 is 2.61 bits per heavy atom. The Kier molecular flexibility index (Phi) is 11.0. The summed E-state index contributed by atoms with van der Waals surface area (Å²) in [6.45, 7) is 2.78. The van der Waals surface area contributed by atoms with Gasteiger partial charge in [-0.2, -0.15) is 0 Å². The van der Waals surface area contributed by atoms with Gasteiger partial charge in [-0.05, 0) is 6.92 Å². The maximum Gasteiger partial charge on any atom is 0.327 e. The molecule has 0 saturated carbocycles. The molecule has 0 radical (unpaired) electrons. The minimum absolute atomic E-state index is 0.0388. The highest BCUT2D eigenvalue weighted by atomic mass is 32.7. The lowest BCUT2D eigenvalue weighted by molar-refractivity contribution is -0.164. The van der Waals surface area contributed by atoms with Crippen molar-refractivity contribution in [2.24, 2.45) is 5.41 Å². The first kappa shape index (κ1) is 27.4. The van der Waals surface area contributed by atoms with Gasteiger partial charge in [-0.3, -0.25) is 23.7 Å². The zero-order valence-electron chi connectivity index (χ0n) is 18.5. The summed E-state index contributed by atoms with van der Waals surface area (Å²) in [6, 6.07) is -0.920. The van der Waals surface area contributed by atoms with E-state index in [9.17, 15) is 23.7 Å². The summed E-state index contributed by atoms with van der Waals surface area (Å²) >= 11 is 0.921. The summed E-state index contributed by atoms with van der Waals surface area (Å²) in [4.78, 5) is 48.3. The molecule has 2 amide bonds. The number of carbonyl (C=O) groups excluding carboxylic acids is 4. The quantitative estimate of drug-likeness (QED) is 0.383. The van der Waals surface area contributed by atoms with Crippen LogP contribution in [0.3, 0.4) is 0 Å². The molecule has 1 heterocycles. The van der Waals surface area contributed by atoms with Gasteiger partial charge in [-0.25, -0.2) is 5.09 Å². The number of methoxy groups -OCH3 is 1. The van der Waals surface area contributed by atoms with Crippen molar-refractivity contribution < 1.29 is 37.7 Å². The number of esters is 2. The van der Waals surface area contributed by atoms with E-state index in [2.05, 4.69) is 20.5 Å². The van der Waals surface area contributed by atoms with Gasteiger partial charge in [0.15, 0.2) is 6.10 Å². The molecular formula is C18H32N3O8PS. The van der Waals surface area contributed by atoms with E-state index in [-0.39, 0.29) is 44.2 Å². The molecule has 1 fully saturated rings. The molecule has 31 heavy (non-hydrogen) atoms. The smallest absolute Gasteiger partial charge is 0.327 e. The largest absolute Gasteiger partial charge is 0.468 e. The van der Waals surface area contributed by atoms with Gasteiger partial charge in [0.1, 0.15) is 6.04 Å². The molecule has 1 unspecified atom stereocenters. The van der Waals surface area contributed by atoms with Gasteiger partial charge in [0.2, 0.25) is 5.91 Å². The summed E-state index contributed by atoms with van der Waals surface area (Å²) in [7, 11) is 1.21. The standard InChI is InChI=1S/C18H32N3O8PS/c1-6-14(23)29-15-16(24)20-8-7-13(22)19-9-10-31-30(26,28-11-18(15,3)4)21-12(2)17(25)27-5/h12,15H,6-11H2,1-5H3,(H,19,22)(H,20,24)(H,21,26)/t12-,15-,30?/m0/s1. The first-order chi connectivity index (χ1) is 14.4. The first-order valence-electron chi connectivity index (χ1n) is 9.92. The average Bonchev–Trinajstić information content (AvgIpc) is 2.72. The topological polar surface area (TPSA) is 149 Å². The minimum atomic E-state index is -3.66. The summed E-state index contributed by atoms with van der Waals surface area (Å²) < 4.78 is 29.1. The van der Waals surface area contributed by atoms with Crippen LogP contribution in [0.25, 0.3) is 0 Å². The summed E-state index contributed by atoms with van der Waals surface area (Å²) in [5.41, 5.74) is -1.06. The van der Waals surface area contributed by atoms with E-state index < -0.39 is 42.1 Å². The Labute approximate surface area is 186 Å². The number of amides is 2. The molecule has 0 aromatic heterocycles. The number of hydrogen-bond donors (Lipinski definition) is 3. The lowest BCUT2D eigenvalue weighted by atomic mass is 9.86. The van der Waals surface area contributed by atoms with E-state index in [0.29, 0.717) is 0 Å². The molecule has 1 aliphatic heterocycles. The third-order valence-electron chi connectivity index (χ3n) is 4.34. The van der Waals surface area contributed by atoms with Crippen molar-refractivity contribution in [2.45, 2.75) is 52.7 Å². The molecule has 3 N–H and O–H groups in total. The second-order valence-corrected chi connectivity index (χ2v) is 12.0. The van der Waals surface area contributed by atoms with Crippen molar-refractivity contribution in [3.63, 3.8) is 0 Å². The molecule has 11 nitrogen and oxygen atoms in total. The monoisotopic (exact) mass is 481 g/mol. The molecule has 0 aliphatic carbocycles. The van der Waals surface area contributed by atoms with Crippen molar-refractivity contribution >= 4 is 41.9 Å². The highest BCUT2D eigenvalue weighted by Crippen LogP contribution is 2.57. The van der Waals surface area contributed by atoms with Crippen LogP contribution in [0, 0.1) is 5.41 Å². The van der Waals surface area contributed by atoms with E-state index in [1.54, 1.807) is 20.8 Å². The Morgan fingerprint density at radius 1 is 1.32 bits per heavy atom. The van der Waals surface area contributed by atoms with Gasteiger partial charge in [0, 0.05) is 37.1 Å². The Bertz CT molecular complexity index is 718. The molecule has 13 heteroatoms. The summed E-state index contributed by atoms with van der Waals surface area (Å²) in [5.74, 6) is -1.84. The van der Waals surface area contributed by atoms with Crippen LogP contribution in [0.5, 0.6) is 0 Å². The molecule has 1 aliphatic rings. The van der Waals surface area contributed by atoms with Crippen LogP contribution in [-0.4, -0.2) is 68.5 Å². The Morgan fingerprint density at radius 2 is 2.00 bits per heavy atom. The highest BCUT2D eigenvalue weighted by Gasteiger charge is 2.41. The van der Waals surface area contributed by atoms with Crippen molar-refractivity contribution in [3.8, 4) is 0 Å². The maximum absolute atomic E-state index is 13.4. The van der Waals surface area contributed by atoms with Crippen LogP contribution >= 0.6 is 18.1 Å². The molecular weight excluding hydrogens is 449 g/mol. The normalized spacial score (nSPS) is 26.5. The molecule has 0 spiro atoms. The van der Waals surface area contributed by atoms with E-state index in [4.69, 9.17) is 9.26 Å². The molecule has 0 bridgehead atoms. The van der Waals surface area contributed by atoms with Crippen LogP contribution in [-0.2, 0) is 37.7 Å². The molecule has 1 saturated heterocycles. The van der Waals surface area contributed by atoms with E-state index in [0.717, 1.165) is 11.4 Å². The molecule has 0 aromatic carbocycles. The minimum Gasteiger partial charge on any atom is -0.468 e. The van der Waals surface area contributed by atoms with Crippen molar-refractivity contribution in [2.75, 3.05) is 32.6 Å². The number of rotatable bonds is 5. The second kappa shape index (κ2) is 12.4. The van der Waals surface area contributed by atoms with Gasteiger partial charge < -0.3 is 24.6 Å². The third-order valence-corrected chi connectivity index (χ3v) is 8.43. The van der Waals surface area contributed by atoms with Gasteiger partial charge in [-0.15, -0.1) is 0 Å². The SMILES string of the molecule is CCC(=O)O[C@H]1C(=O)NCCC(=O)NCCSP(=O)(N[C@@H](C)C(=O)OC)OCC1(C)C. The van der Waals surface area contributed by atoms with Gasteiger partial charge in [0.25, 0.3) is 5.91 Å². The van der Waals surface area contributed by atoms with Gasteiger partial charge in [0.05, 0.1) is 13.7 Å². The highest BCUT2D eigenvalue weighted by molar-refractivity contribution is 8.56. The first-order valence-corrected chi connectivity index (χ1v) is 13.1. The van der Waals surface area contributed by atoms with Gasteiger partial charge in [-0.1, -0.05) is 32.2 Å². The number of ether oxygens (including phenoxy) is 2. The fourth-order valence-electron chi connectivity index (χ4n) is 2.52. The van der Waals surface area contributed by atoms with Crippen LogP contribution in [0.2, 0.25) is 0 Å². The molecule has 0 aromatic rings. The summed E-state index contributed by atoms with van der Waals surface area (Å²) in [5, 5.41) is 7.90. The number of hydrogen-bond acceptors (Lipinski definition) is 9. The fraction of sp³-hybridized carbons (Fsp3) is 0.778. The van der Waals surface area contributed by atoms with Crippen LogP contribution in [0.4, 0.5) is 0 Å². The lowest BCUT2D eigenvalue weighted by Crippen LogP contribution is -2.49. The van der Waals surface area contributed by atoms with Crippen LogP contribution < -0.4 is 15.7 Å². The zero-order valence-corrected chi connectivity index (χ0v) is 20.2. The Balaban J connectivity index is 3.14. The number of carbonyl (C=O) groups is 4. The zero-order chi connectivity index (χ0) is 23.7. The summed E-state index contributed by atoms with van der Waals surface area (Å²) in [6.07, 6.45) is -1.13. The van der Waals surface area contributed by atoms with Crippen molar-refractivity contribution in [1.82, 2.24) is 15.7 Å². The lowest BCUT2D eigenvalue weighted by Gasteiger charge is -2.34. The van der Waals surface area contributed by atoms with Crippen molar-refractivity contribution in [1.29, 1.82) is 0 Å². The third kappa shape index (κ3) is 9.18. The number of nitrogens with one attached hydrogen (secondary N) is 3.